The van der Waals surface area contributed by atoms with Gasteiger partial charge in [0.15, 0.2) is 5.41 Å². The first kappa shape index (κ1) is 21.1. The third kappa shape index (κ3) is 3.80. The van der Waals surface area contributed by atoms with Crippen LogP contribution in [0.1, 0.15) is 23.6 Å². The molecule has 2 atom stereocenters. The van der Waals surface area contributed by atoms with E-state index in [9.17, 15) is 9.59 Å². The van der Waals surface area contributed by atoms with E-state index < -0.39 is 23.4 Å². The van der Waals surface area contributed by atoms with E-state index in [1.807, 2.05) is 42.5 Å². The number of methoxy groups -OCH3 is 2. The maximum absolute atomic E-state index is 13.0. The topological polar surface area (TPSA) is 55.8 Å². The Balaban J connectivity index is 2.18. The standard InChI is InChI=1S/C23H24ClNO4/c1-4-19-14-23(21(26)28-2,22(27)29-3)20(17-10-12-18(24)13-11-17)25(19)15-16-8-6-5-7-9-16/h4-13,19-20H,1,14-15H2,2-3H3/t19-,20+/m0/s1. The van der Waals surface area contributed by atoms with Gasteiger partial charge in [-0.15, -0.1) is 6.58 Å². The van der Waals surface area contributed by atoms with E-state index in [2.05, 4.69) is 11.5 Å². The smallest absolute Gasteiger partial charge is 0.325 e. The molecule has 3 rings (SSSR count). The van der Waals surface area contributed by atoms with Crippen molar-refractivity contribution in [2.24, 2.45) is 5.41 Å². The zero-order valence-corrected chi connectivity index (χ0v) is 17.3. The van der Waals surface area contributed by atoms with Gasteiger partial charge >= 0.3 is 11.9 Å². The van der Waals surface area contributed by atoms with Crippen LogP contribution in [-0.2, 0) is 25.6 Å². The molecule has 2 aromatic rings. The van der Waals surface area contributed by atoms with Gasteiger partial charge in [0.05, 0.1) is 20.3 Å². The van der Waals surface area contributed by atoms with Gasteiger partial charge in [-0.1, -0.05) is 60.1 Å². The minimum atomic E-state index is -1.51. The van der Waals surface area contributed by atoms with Crippen LogP contribution in [0.3, 0.4) is 0 Å². The zero-order chi connectivity index (χ0) is 21.0. The molecule has 0 bridgehead atoms. The number of hydrogen-bond acceptors (Lipinski definition) is 5. The molecule has 0 radical (unpaired) electrons. The third-order valence-corrected chi connectivity index (χ3v) is 5.77. The number of nitrogens with zero attached hydrogens (tertiary/aromatic N) is 1. The van der Waals surface area contributed by atoms with E-state index >= 15 is 0 Å². The molecule has 0 unspecified atom stereocenters. The molecule has 1 saturated heterocycles. The Bertz CT molecular complexity index is 866. The van der Waals surface area contributed by atoms with Crippen molar-refractivity contribution in [2.75, 3.05) is 14.2 Å². The number of carbonyl (C=O) groups excluding carboxylic acids is 2. The van der Waals surface area contributed by atoms with Crippen LogP contribution in [0.2, 0.25) is 5.02 Å². The van der Waals surface area contributed by atoms with Crippen molar-refractivity contribution in [1.29, 1.82) is 0 Å². The molecule has 6 heteroatoms. The quantitative estimate of drug-likeness (QED) is 0.404. The van der Waals surface area contributed by atoms with Crippen molar-refractivity contribution in [2.45, 2.75) is 25.0 Å². The van der Waals surface area contributed by atoms with Crippen molar-refractivity contribution < 1.29 is 19.1 Å². The van der Waals surface area contributed by atoms with Gasteiger partial charge in [-0.05, 0) is 29.7 Å². The molecule has 0 saturated carbocycles. The number of esters is 2. The first-order valence-electron chi connectivity index (χ1n) is 9.32. The average Bonchev–Trinajstić information content (AvgIpc) is 3.09. The first-order chi connectivity index (χ1) is 14.0. The Morgan fingerprint density at radius 2 is 1.69 bits per heavy atom. The lowest BCUT2D eigenvalue weighted by Gasteiger charge is -2.35. The minimum absolute atomic E-state index is 0.218. The van der Waals surface area contributed by atoms with Gasteiger partial charge in [-0.25, -0.2) is 0 Å². The molecular formula is C23H24ClNO4. The predicted molar refractivity (Wildman–Crippen MR) is 111 cm³/mol. The van der Waals surface area contributed by atoms with Crippen LogP contribution in [0.15, 0.2) is 67.3 Å². The van der Waals surface area contributed by atoms with Crippen LogP contribution in [-0.4, -0.2) is 37.1 Å². The summed E-state index contributed by atoms with van der Waals surface area (Å²) >= 11 is 6.08. The maximum Gasteiger partial charge on any atom is 0.325 e. The van der Waals surface area contributed by atoms with E-state index in [1.54, 1.807) is 18.2 Å². The molecule has 0 amide bonds. The van der Waals surface area contributed by atoms with E-state index in [0.29, 0.717) is 11.6 Å². The number of carbonyl (C=O) groups is 2. The predicted octanol–water partition coefficient (Wildman–Crippen LogP) is 4.17. The first-order valence-corrected chi connectivity index (χ1v) is 9.70. The second-order valence-electron chi connectivity index (χ2n) is 7.07. The van der Waals surface area contributed by atoms with Crippen LogP contribution in [0.5, 0.6) is 0 Å². The number of likely N-dealkylation sites (tertiary alicyclic amines) is 1. The van der Waals surface area contributed by atoms with Crippen LogP contribution in [0.25, 0.3) is 0 Å². The molecule has 0 aromatic heterocycles. The van der Waals surface area contributed by atoms with Crippen molar-refractivity contribution in [3.8, 4) is 0 Å². The monoisotopic (exact) mass is 413 g/mol. The molecule has 152 valence electrons. The highest BCUT2D eigenvalue weighted by atomic mass is 35.5. The molecule has 1 aliphatic rings. The number of rotatable bonds is 6. The van der Waals surface area contributed by atoms with Gasteiger partial charge in [0.1, 0.15) is 0 Å². The van der Waals surface area contributed by atoms with E-state index in [-0.39, 0.29) is 12.5 Å². The summed E-state index contributed by atoms with van der Waals surface area (Å²) in [6, 6.07) is 16.2. The summed E-state index contributed by atoms with van der Waals surface area (Å²) in [5, 5.41) is 0.573. The van der Waals surface area contributed by atoms with Crippen molar-refractivity contribution in [1.82, 2.24) is 4.90 Å². The zero-order valence-electron chi connectivity index (χ0n) is 16.5. The SMILES string of the molecule is C=C[C@H]1CC(C(=O)OC)(C(=O)OC)[C@@H](c2ccc(Cl)cc2)N1Cc1ccccc1. The molecular weight excluding hydrogens is 390 g/mol. The molecule has 1 aliphatic heterocycles. The fourth-order valence-corrected chi connectivity index (χ4v) is 4.34. The van der Waals surface area contributed by atoms with Crippen LogP contribution in [0, 0.1) is 5.41 Å². The Morgan fingerprint density at radius 3 is 2.21 bits per heavy atom. The molecule has 29 heavy (non-hydrogen) atoms. The lowest BCUT2D eigenvalue weighted by atomic mass is 9.76. The lowest BCUT2D eigenvalue weighted by Crippen LogP contribution is -2.45. The fraction of sp³-hybridized carbons (Fsp3) is 0.304. The van der Waals surface area contributed by atoms with Gasteiger partial charge in [0, 0.05) is 17.6 Å². The van der Waals surface area contributed by atoms with Gasteiger partial charge < -0.3 is 9.47 Å². The summed E-state index contributed by atoms with van der Waals surface area (Å²) in [5.41, 5.74) is 0.333. The largest absolute Gasteiger partial charge is 0.468 e. The lowest BCUT2D eigenvalue weighted by molar-refractivity contribution is -0.171. The van der Waals surface area contributed by atoms with Crippen molar-refractivity contribution in [3.05, 3.63) is 83.4 Å². The molecule has 0 N–H and O–H groups in total. The second-order valence-corrected chi connectivity index (χ2v) is 7.51. The number of hydrogen-bond donors (Lipinski definition) is 0. The highest BCUT2D eigenvalue weighted by Crippen LogP contribution is 2.52. The van der Waals surface area contributed by atoms with E-state index in [0.717, 1.165) is 11.1 Å². The van der Waals surface area contributed by atoms with Gasteiger partial charge in [-0.3, -0.25) is 14.5 Å². The summed E-state index contributed by atoms with van der Waals surface area (Å²) in [7, 11) is 2.57. The molecule has 1 heterocycles. The molecule has 1 fully saturated rings. The van der Waals surface area contributed by atoms with Crippen molar-refractivity contribution >= 4 is 23.5 Å². The number of ether oxygens (including phenoxy) is 2. The van der Waals surface area contributed by atoms with Crippen LogP contribution in [0.4, 0.5) is 0 Å². The minimum Gasteiger partial charge on any atom is -0.468 e. The molecule has 0 spiro atoms. The Labute approximate surface area is 175 Å². The Kier molecular flexibility index (Phi) is 6.40. The second kappa shape index (κ2) is 8.80. The summed E-state index contributed by atoms with van der Waals surface area (Å²) in [6.07, 6.45) is 1.98. The highest BCUT2D eigenvalue weighted by molar-refractivity contribution is 6.30. The van der Waals surface area contributed by atoms with Crippen LogP contribution < -0.4 is 0 Å². The summed E-state index contributed by atoms with van der Waals surface area (Å²) in [5.74, 6) is -1.24. The molecule has 2 aromatic carbocycles. The normalized spacial score (nSPS) is 20.8. The summed E-state index contributed by atoms with van der Waals surface area (Å²) < 4.78 is 10.2. The Morgan fingerprint density at radius 1 is 1.10 bits per heavy atom. The van der Waals surface area contributed by atoms with Gasteiger partial charge in [-0.2, -0.15) is 0 Å². The fourth-order valence-electron chi connectivity index (χ4n) is 4.21. The molecule has 0 aliphatic carbocycles. The van der Waals surface area contributed by atoms with Crippen molar-refractivity contribution in [3.63, 3.8) is 0 Å². The highest BCUT2D eigenvalue weighted by Gasteiger charge is 2.63. The van der Waals surface area contributed by atoms with Crippen LogP contribution >= 0.6 is 11.6 Å². The van der Waals surface area contributed by atoms with Gasteiger partial charge in [0.2, 0.25) is 0 Å². The summed E-state index contributed by atoms with van der Waals surface area (Å²) in [6.45, 7) is 4.47. The Hall–Kier alpha value is -2.63. The third-order valence-electron chi connectivity index (χ3n) is 5.52. The summed E-state index contributed by atoms with van der Waals surface area (Å²) in [4.78, 5) is 28.2. The molecule has 5 nitrogen and oxygen atoms in total. The number of benzene rings is 2. The van der Waals surface area contributed by atoms with E-state index in [4.69, 9.17) is 21.1 Å². The maximum atomic E-state index is 13.0. The van der Waals surface area contributed by atoms with E-state index in [1.165, 1.54) is 14.2 Å². The van der Waals surface area contributed by atoms with Gasteiger partial charge in [0.25, 0.3) is 0 Å². The number of halogens is 1. The average molecular weight is 414 g/mol.